The first-order valence-electron chi connectivity index (χ1n) is 6.90. The molecule has 2 aliphatic rings. The molecule has 1 saturated heterocycles. The SMILES string of the molecule is O=C(Nc1ccccc1)C1CC1C(=O)N1CCCC1. The van der Waals surface area contributed by atoms with E-state index in [4.69, 9.17) is 0 Å². The second-order valence-corrected chi connectivity index (χ2v) is 5.34. The third kappa shape index (κ3) is 2.62. The van der Waals surface area contributed by atoms with Crippen LogP contribution in [0.15, 0.2) is 30.3 Å². The Labute approximate surface area is 112 Å². The summed E-state index contributed by atoms with van der Waals surface area (Å²) in [5.74, 6) is -0.0652. The van der Waals surface area contributed by atoms with Crippen LogP contribution in [0.1, 0.15) is 19.3 Å². The van der Waals surface area contributed by atoms with Crippen LogP contribution in [-0.2, 0) is 9.59 Å². The largest absolute Gasteiger partial charge is 0.342 e. The van der Waals surface area contributed by atoms with Crippen LogP contribution in [0.3, 0.4) is 0 Å². The van der Waals surface area contributed by atoms with Crippen LogP contribution in [0.4, 0.5) is 5.69 Å². The van der Waals surface area contributed by atoms with E-state index in [1.807, 2.05) is 35.2 Å². The number of amides is 2. The third-order valence-corrected chi connectivity index (χ3v) is 3.90. The van der Waals surface area contributed by atoms with Gasteiger partial charge < -0.3 is 10.2 Å². The zero-order valence-electron chi connectivity index (χ0n) is 10.8. The van der Waals surface area contributed by atoms with Crippen molar-refractivity contribution in [2.45, 2.75) is 19.3 Å². The number of nitrogens with zero attached hydrogens (tertiary/aromatic N) is 1. The van der Waals surface area contributed by atoms with Crippen molar-refractivity contribution in [2.24, 2.45) is 11.8 Å². The molecule has 100 valence electrons. The van der Waals surface area contributed by atoms with Gasteiger partial charge in [-0.2, -0.15) is 0 Å². The molecule has 1 aliphatic carbocycles. The Hall–Kier alpha value is -1.84. The maximum absolute atomic E-state index is 12.1. The number of benzene rings is 1. The zero-order chi connectivity index (χ0) is 13.2. The first-order chi connectivity index (χ1) is 9.25. The van der Waals surface area contributed by atoms with Gasteiger partial charge in [-0.05, 0) is 31.4 Å². The molecule has 2 unspecified atom stereocenters. The number of carbonyl (C=O) groups excluding carboxylic acids is 2. The minimum atomic E-state index is -0.131. The van der Waals surface area contributed by atoms with Gasteiger partial charge in [0.2, 0.25) is 11.8 Å². The van der Waals surface area contributed by atoms with Gasteiger partial charge in [0.1, 0.15) is 0 Å². The average molecular weight is 258 g/mol. The number of nitrogens with one attached hydrogen (secondary N) is 1. The Morgan fingerprint density at radius 2 is 1.74 bits per heavy atom. The Morgan fingerprint density at radius 1 is 1.05 bits per heavy atom. The minimum absolute atomic E-state index is 0.0243. The van der Waals surface area contributed by atoms with Crippen LogP contribution < -0.4 is 5.32 Å². The Morgan fingerprint density at radius 3 is 2.42 bits per heavy atom. The highest BCUT2D eigenvalue weighted by Gasteiger charge is 2.49. The predicted octanol–water partition coefficient (Wildman–Crippen LogP) is 1.88. The molecule has 0 spiro atoms. The number of likely N-dealkylation sites (tertiary alicyclic amines) is 1. The number of para-hydroxylation sites is 1. The van der Waals surface area contributed by atoms with E-state index >= 15 is 0 Å². The van der Waals surface area contributed by atoms with Crippen LogP contribution >= 0.6 is 0 Å². The molecule has 19 heavy (non-hydrogen) atoms. The highest BCUT2D eigenvalue weighted by atomic mass is 16.2. The zero-order valence-corrected chi connectivity index (χ0v) is 10.8. The van der Waals surface area contributed by atoms with E-state index in [1.54, 1.807) is 0 Å². The van der Waals surface area contributed by atoms with Crippen molar-refractivity contribution < 1.29 is 9.59 Å². The fourth-order valence-electron chi connectivity index (χ4n) is 2.69. The highest BCUT2D eigenvalue weighted by Crippen LogP contribution is 2.41. The van der Waals surface area contributed by atoms with E-state index in [-0.39, 0.29) is 23.7 Å². The second-order valence-electron chi connectivity index (χ2n) is 5.34. The predicted molar refractivity (Wildman–Crippen MR) is 72.5 cm³/mol. The molecule has 1 saturated carbocycles. The molecule has 1 aromatic carbocycles. The van der Waals surface area contributed by atoms with Crippen molar-refractivity contribution in [3.63, 3.8) is 0 Å². The fraction of sp³-hybridized carbons (Fsp3) is 0.467. The Balaban J connectivity index is 1.54. The summed E-state index contributed by atoms with van der Waals surface area (Å²) in [5.41, 5.74) is 0.798. The summed E-state index contributed by atoms with van der Waals surface area (Å²) in [6.45, 7) is 1.73. The van der Waals surface area contributed by atoms with Crippen molar-refractivity contribution >= 4 is 17.5 Å². The number of hydrogen-bond donors (Lipinski definition) is 1. The summed E-state index contributed by atoms with van der Waals surface area (Å²) in [6.07, 6.45) is 2.90. The van der Waals surface area contributed by atoms with Gasteiger partial charge in [-0.25, -0.2) is 0 Å². The lowest BCUT2D eigenvalue weighted by Crippen LogP contribution is -2.30. The molecule has 2 amide bonds. The molecule has 1 heterocycles. The molecular weight excluding hydrogens is 240 g/mol. The fourth-order valence-corrected chi connectivity index (χ4v) is 2.69. The van der Waals surface area contributed by atoms with Gasteiger partial charge in [0, 0.05) is 18.8 Å². The van der Waals surface area contributed by atoms with Crippen molar-refractivity contribution in [3.05, 3.63) is 30.3 Å². The summed E-state index contributed by atoms with van der Waals surface area (Å²) in [7, 11) is 0. The lowest BCUT2D eigenvalue weighted by Gasteiger charge is -2.14. The molecule has 3 rings (SSSR count). The summed E-state index contributed by atoms with van der Waals surface area (Å²) >= 11 is 0. The molecule has 2 fully saturated rings. The number of rotatable bonds is 3. The smallest absolute Gasteiger partial charge is 0.228 e. The van der Waals surface area contributed by atoms with Crippen LogP contribution in [0.25, 0.3) is 0 Å². The van der Waals surface area contributed by atoms with Crippen LogP contribution in [-0.4, -0.2) is 29.8 Å². The maximum atomic E-state index is 12.1. The van der Waals surface area contributed by atoms with Gasteiger partial charge in [0.15, 0.2) is 0 Å². The van der Waals surface area contributed by atoms with Crippen molar-refractivity contribution in [1.29, 1.82) is 0 Å². The minimum Gasteiger partial charge on any atom is -0.342 e. The molecule has 1 aromatic rings. The molecule has 0 aromatic heterocycles. The summed E-state index contributed by atoms with van der Waals surface area (Å²) in [6, 6.07) is 9.40. The van der Waals surface area contributed by atoms with Gasteiger partial charge >= 0.3 is 0 Å². The number of carbonyl (C=O) groups is 2. The van der Waals surface area contributed by atoms with E-state index in [0.29, 0.717) is 6.42 Å². The standard InChI is InChI=1S/C15H18N2O2/c18-14(16-11-6-2-1-3-7-11)12-10-13(12)15(19)17-8-4-5-9-17/h1-3,6-7,12-13H,4-5,8-10H2,(H,16,18). The van der Waals surface area contributed by atoms with Crippen molar-refractivity contribution in [2.75, 3.05) is 18.4 Å². The van der Waals surface area contributed by atoms with Crippen LogP contribution in [0, 0.1) is 11.8 Å². The number of hydrogen-bond acceptors (Lipinski definition) is 2. The number of anilines is 1. The second kappa shape index (κ2) is 5.03. The molecule has 1 N–H and O–H groups in total. The molecule has 1 aliphatic heterocycles. The van der Waals surface area contributed by atoms with E-state index in [2.05, 4.69) is 5.32 Å². The summed E-state index contributed by atoms with van der Waals surface area (Å²) < 4.78 is 0. The summed E-state index contributed by atoms with van der Waals surface area (Å²) in [5, 5.41) is 2.87. The highest BCUT2D eigenvalue weighted by molar-refractivity contribution is 5.99. The molecular formula is C15H18N2O2. The molecule has 2 atom stereocenters. The van der Waals surface area contributed by atoms with E-state index in [9.17, 15) is 9.59 Å². The van der Waals surface area contributed by atoms with Gasteiger partial charge in [-0.1, -0.05) is 18.2 Å². The lowest BCUT2D eigenvalue weighted by molar-refractivity contribution is -0.133. The Kier molecular flexibility index (Phi) is 3.23. The van der Waals surface area contributed by atoms with E-state index in [0.717, 1.165) is 31.6 Å². The molecule has 0 bridgehead atoms. The van der Waals surface area contributed by atoms with Crippen molar-refractivity contribution in [1.82, 2.24) is 4.90 Å². The monoisotopic (exact) mass is 258 g/mol. The van der Waals surface area contributed by atoms with Gasteiger partial charge in [-0.3, -0.25) is 9.59 Å². The van der Waals surface area contributed by atoms with Crippen LogP contribution in [0.5, 0.6) is 0 Å². The average Bonchev–Trinajstić information content (AvgIpc) is 3.05. The first kappa shape index (κ1) is 12.2. The maximum Gasteiger partial charge on any atom is 0.228 e. The lowest BCUT2D eigenvalue weighted by atomic mass is 10.2. The topological polar surface area (TPSA) is 49.4 Å². The van der Waals surface area contributed by atoms with E-state index < -0.39 is 0 Å². The Bertz CT molecular complexity index is 480. The van der Waals surface area contributed by atoms with Gasteiger partial charge in [0.05, 0.1) is 11.8 Å². The van der Waals surface area contributed by atoms with E-state index in [1.165, 1.54) is 0 Å². The third-order valence-electron chi connectivity index (χ3n) is 3.90. The van der Waals surface area contributed by atoms with Crippen LogP contribution in [0.2, 0.25) is 0 Å². The molecule has 0 radical (unpaired) electrons. The van der Waals surface area contributed by atoms with Crippen molar-refractivity contribution in [3.8, 4) is 0 Å². The quantitative estimate of drug-likeness (QED) is 0.900. The first-order valence-corrected chi connectivity index (χ1v) is 6.90. The van der Waals surface area contributed by atoms with Gasteiger partial charge in [0.25, 0.3) is 0 Å². The molecule has 4 nitrogen and oxygen atoms in total. The summed E-state index contributed by atoms with van der Waals surface area (Å²) in [4.78, 5) is 26.0. The molecule has 4 heteroatoms. The normalized spacial score (nSPS) is 25.2. The van der Waals surface area contributed by atoms with Gasteiger partial charge in [-0.15, -0.1) is 0 Å².